The fourth-order valence-corrected chi connectivity index (χ4v) is 1.05. The SMILES string of the molecule is Cc1nc(O)c2nccc-2[nH]1. The molecule has 0 radical (unpaired) electrons. The molecule has 2 rings (SSSR count). The Hall–Kier alpha value is -1.58. The van der Waals surface area contributed by atoms with Crippen molar-refractivity contribution in [3.63, 3.8) is 0 Å². The van der Waals surface area contributed by atoms with E-state index < -0.39 is 0 Å². The summed E-state index contributed by atoms with van der Waals surface area (Å²) in [4.78, 5) is 10.7. The van der Waals surface area contributed by atoms with Crippen molar-refractivity contribution in [1.29, 1.82) is 0 Å². The third-order valence-electron chi connectivity index (χ3n) is 1.50. The highest BCUT2D eigenvalue weighted by Gasteiger charge is 2.10. The van der Waals surface area contributed by atoms with E-state index in [9.17, 15) is 5.11 Å². The summed E-state index contributed by atoms with van der Waals surface area (Å²) in [6.07, 6.45) is 1.63. The van der Waals surface area contributed by atoms with Crippen LogP contribution in [0.5, 0.6) is 5.88 Å². The monoisotopic (exact) mass is 149 g/mol. The molecule has 11 heavy (non-hydrogen) atoms. The Morgan fingerprint density at radius 3 is 3.18 bits per heavy atom. The van der Waals surface area contributed by atoms with Crippen LogP contribution in [-0.2, 0) is 0 Å². The van der Waals surface area contributed by atoms with E-state index in [0.717, 1.165) is 5.69 Å². The molecule has 2 heterocycles. The molecule has 0 atom stereocenters. The summed E-state index contributed by atoms with van der Waals surface area (Å²) in [6, 6.07) is 1.80. The van der Waals surface area contributed by atoms with Crippen molar-refractivity contribution in [2.75, 3.05) is 0 Å². The fraction of sp³-hybridized carbons (Fsp3) is 0.143. The average Bonchev–Trinajstić information content (AvgIpc) is 2.34. The van der Waals surface area contributed by atoms with Crippen LogP contribution in [0.15, 0.2) is 12.3 Å². The molecule has 0 unspecified atom stereocenters. The minimum Gasteiger partial charge on any atom is -0.492 e. The van der Waals surface area contributed by atoms with Gasteiger partial charge in [0.25, 0.3) is 0 Å². The van der Waals surface area contributed by atoms with Gasteiger partial charge < -0.3 is 10.1 Å². The van der Waals surface area contributed by atoms with Crippen LogP contribution in [0.4, 0.5) is 0 Å². The summed E-state index contributed by atoms with van der Waals surface area (Å²) < 4.78 is 0. The van der Waals surface area contributed by atoms with E-state index in [1.807, 2.05) is 0 Å². The number of aromatic hydroxyl groups is 1. The van der Waals surface area contributed by atoms with E-state index in [-0.39, 0.29) is 5.88 Å². The van der Waals surface area contributed by atoms with E-state index in [1.54, 1.807) is 19.2 Å². The molecule has 0 bridgehead atoms. The molecular weight excluding hydrogens is 142 g/mol. The Bertz CT molecular complexity index is 355. The van der Waals surface area contributed by atoms with Crippen molar-refractivity contribution < 1.29 is 5.11 Å². The zero-order valence-corrected chi connectivity index (χ0v) is 6.00. The molecule has 4 heteroatoms. The molecule has 4 nitrogen and oxygen atoms in total. The van der Waals surface area contributed by atoms with Crippen LogP contribution in [0.25, 0.3) is 11.4 Å². The van der Waals surface area contributed by atoms with Crippen molar-refractivity contribution in [3.05, 3.63) is 18.1 Å². The summed E-state index contributed by atoms with van der Waals surface area (Å²) in [7, 11) is 0. The second kappa shape index (κ2) is 1.95. The highest BCUT2D eigenvalue weighted by molar-refractivity contribution is 5.61. The number of hydrogen-bond acceptors (Lipinski definition) is 3. The number of nitrogens with zero attached hydrogens (tertiary/aromatic N) is 2. The molecule has 56 valence electrons. The first-order chi connectivity index (χ1) is 5.27. The summed E-state index contributed by atoms with van der Waals surface area (Å²) in [6.45, 7) is 1.78. The molecule has 0 fully saturated rings. The van der Waals surface area contributed by atoms with Crippen LogP contribution in [0.3, 0.4) is 0 Å². The van der Waals surface area contributed by atoms with Crippen molar-refractivity contribution in [2.45, 2.75) is 6.92 Å². The topological polar surface area (TPSA) is 61.8 Å². The molecule has 0 saturated heterocycles. The largest absolute Gasteiger partial charge is 0.492 e. The van der Waals surface area contributed by atoms with Gasteiger partial charge in [-0.25, -0.2) is 4.98 Å². The molecule has 2 aliphatic heterocycles. The van der Waals surface area contributed by atoms with E-state index in [2.05, 4.69) is 15.0 Å². The normalized spacial score (nSPS) is 10.6. The van der Waals surface area contributed by atoms with Gasteiger partial charge in [0.05, 0.1) is 5.69 Å². The van der Waals surface area contributed by atoms with E-state index >= 15 is 0 Å². The highest BCUT2D eigenvalue weighted by atomic mass is 16.3. The number of aromatic nitrogens is 3. The summed E-state index contributed by atoms with van der Waals surface area (Å²) in [5.41, 5.74) is 1.34. The maximum Gasteiger partial charge on any atom is 0.241 e. The second-order valence-corrected chi connectivity index (χ2v) is 2.35. The van der Waals surface area contributed by atoms with E-state index in [4.69, 9.17) is 0 Å². The quantitative estimate of drug-likeness (QED) is 0.585. The van der Waals surface area contributed by atoms with Crippen molar-refractivity contribution in [2.24, 2.45) is 0 Å². The molecule has 0 saturated carbocycles. The predicted octanol–water partition coefficient (Wildman–Crippen LogP) is 0.924. The van der Waals surface area contributed by atoms with Crippen LogP contribution in [0.2, 0.25) is 0 Å². The highest BCUT2D eigenvalue weighted by Crippen LogP contribution is 2.24. The van der Waals surface area contributed by atoms with Crippen molar-refractivity contribution >= 4 is 0 Å². The van der Waals surface area contributed by atoms with E-state index in [0.29, 0.717) is 11.5 Å². The van der Waals surface area contributed by atoms with Gasteiger partial charge in [-0.1, -0.05) is 0 Å². The van der Waals surface area contributed by atoms with Gasteiger partial charge in [-0.2, -0.15) is 4.98 Å². The lowest BCUT2D eigenvalue weighted by atomic mass is 10.3. The first kappa shape index (κ1) is 6.15. The number of aryl methyl sites for hydroxylation is 1. The van der Waals surface area contributed by atoms with Gasteiger partial charge in [0.2, 0.25) is 5.88 Å². The Kier molecular flexibility index (Phi) is 1.09. The molecule has 0 aromatic carbocycles. The maximum absolute atomic E-state index is 9.25. The Morgan fingerprint density at radius 1 is 1.55 bits per heavy atom. The van der Waals surface area contributed by atoms with Crippen LogP contribution in [0, 0.1) is 6.92 Å². The number of hydrogen-bond donors (Lipinski definition) is 2. The number of H-pyrrole nitrogens is 1. The maximum atomic E-state index is 9.25. The molecule has 0 amide bonds. The lowest BCUT2D eigenvalue weighted by Crippen LogP contribution is -1.91. The van der Waals surface area contributed by atoms with Gasteiger partial charge >= 0.3 is 0 Å². The Balaban J connectivity index is 2.79. The van der Waals surface area contributed by atoms with Crippen LogP contribution >= 0.6 is 0 Å². The van der Waals surface area contributed by atoms with Crippen molar-refractivity contribution in [3.8, 4) is 17.3 Å². The fourth-order valence-electron chi connectivity index (χ4n) is 1.05. The third-order valence-corrected chi connectivity index (χ3v) is 1.50. The minimum atomic E-state index is -0.0127. The molecule has 0 aromatic heterocycles. The van der Waals surface area contributed by atoms with Crippen molar-refractivity contribution in [1.82, 2.24) is 15.0 Å². The van der Waals surface area contributed by atoms with Gasteiger partial charge in [-0.3, -0.25) is 0 Å². The lowest BCUT2D eigenvalue weighted by molar-refractivity contribution is 0.450. The summed E-state index contributed by atoms with van der Waals surface area (Å²) >= 11 is 0. The Labute approximate surface area is 63.3 Å². The van der Waals surface area contributed by atoms with Gasteiger partial charge in [0.15, 0.2) is 0 Å². The number of rotatable bonds is 0. The molecule has 0 spiro atoms. The molecule has 2 aliphatic rings. The zero-order valence-electron chi connectivity index (χ0n) is 6.00. The molecule has 0 aliphatic carbocycles. The van der Waals surface area contributed by atoms with Crippen LogP contribution in [0.1, 0.15) is 5.82 Å². The van der Waals surface area contributed by atoms with Gasteiger partial charge in [-0.15, -0.1) is 0 Å². The van der Waals surface area contributed by atoms with Crippen LogP contribution < -0.4 is 0 Å². The first-order valence-electron chi connectivity index (χ1n) is 3.27. The smallest absolute Gasteiger partial charge is 0.241 e. The van der Waals surface area contributed by atoms with Crippen LogP contribution in [-0.4, -0.2) is 20.1 Å². The second-order valence-electron chi connectivity index (χ2n) is 2.35. The first-order valence-corrected chi connectivity index (χ1v) is 3.27. The number of fused-ring (bicyclic) bond motifs is 1. The summed E-state index contributed by atoms with van der Waals surface area (Å²) in [5.74, 6) is 0.671. The zero-order chi connectivity index (χ0) is 7.84. The Morgan fingerprint density at radius 2 is 2.36 bits per heavy atom. The van der Waals surface area contributed by atoms with E-state index in [1.165, 1.54) is 0 Å². The van der Waals surface area contributed by atoms with Gasteiger partial charge in [-0.05, 0) is 13.0 Å². The predicted molar refractivity (Wildman–Crippen MR) is 39.4 cm³/mol. The van der Waals surface area contributed by atoms with Gasteiger partial charge in [0.1, 0.15) is 11.5 Å². The molecular formula is C7H7N3O. The lowest BCUT2D eigenvalue weighted by Gasteiger charge is -2.01. The van der Waals surface area contributed by atoms with Gasteiger partial charge in [0, 0.05) is 6.20 Å². The third kappa shape index (κ3) is 0.832. The molecule has 0 aromatic rings. The average molecular weight is 149 g/mol. The number of aromatic amines is 1. The number of nitrogens with one attached hydrogen (secondary N) is 1. The summed E-state index contributed by atoms with van der Waals surface area (Å²) in [5, 5.41) is 9.25. The standard InChI is InChI=1S/C7H7N3O/c1-4-9-5-2-3-8-6(5)7(11)10-4/h2-3,11H,1H3,(H,9,10). The molecule has 2 N–H and O–H groups in total. The minimum absolute atomic E-state index is 0.0127.